The first-order chi connectivity index (χ1) is 7.46. The van der Waals surface area contributed by atoms with E-state index in [4.69, 9.17) is 10.5 Å². The van der Waals surface area contributed by atoms with Crippen LogP contribution in [-0.2, 0) is 4.74 Å². The number of alkyl halides is 3. The van der Waals surface area contributed by atoms with E-state index in [1.54, 1.807) is 20.8 Å². The molecule has 0 radical (unpaired) electrons. The van der Waals surface area contributed by atoms with Gasteiger partial charge in [0.25, 0.3) is 0 Å². The number of halogens is 3. The van der Waals surface area contributed by atoms with Gasteiger partial charge in [-0.25, -0.2) is 4.79 Å². The fourth-order valence-corrected chi connectivity index (χ4v) is 1.47. The Balaban J connectivity index is 2.60. The summed E-state index contributed by atoms with van der Waals surface area (Å²) in [6.07, 6.45) is -4.96. The number of nitrogens with two attached hydrogens (primary N) is 1. The Labute approximate surface area is 97.7 Å². The minimum Gasteiger partial charge on any atom is -0.444 e. The molecule has 1 aliphatic rings. The molecule has 1 fully saturated rings. The molecular formula is C10H17F3N2O2. The molecule has 0 aromatic heterocycles. The van der Waals surface area contributed by atoms with Crippen molar-refractivity contribution in [1.29, 1.82) is 0 Å². The Morgan fingerprint density at radius 1 is 1.35 bits per heavy atom. The van der Waals surface area contributed by atoms with Crippen LogP contribution in [0, 0.1) is 0 Å². The summed E-state index contributed by atoms with van der Waals surface area (Å²) in [5, 5.41) is 2.22. The van der Waals surface area contributed by atoms with E-state index in [1.807, 2.05) is 0 Å². The summed E-state index contributed by atoms with van der Waals surface area (Å²) >= 11 is 0. The van der Waals surface area contributed by atoms with Gasteiger partial charge in [0.05, 0.1) is 5.54 Å². The van der Waals surface area contributed by atoms with Crippen molar-refractivity contribution in [3.05, 3.63) is 0 Å². The number of nitrogens with one attached hydrogen (secondary N) is 1. The predicted octanol–water partition coefficient (Wildman–Crippen LogP) is 1.93. The second-order valence-corrected chi connectivity index (χ2v) is 5.30. The Kier molecular flexibility index (Phi) is 3.35. The van der Waals surface area contributed by atoms with Gasteiger partial charge in [-0.05, 0) is 33.6 Å². The molecule has 7 heteroatoms. The third-order valence-electron chi connectivity index (χ3n) is 2.49. The fraction of sp³-hybridized carbons (Fsp3) is 0.900. The van der Waals surface area contributed by atoms with Crippen molar-refractivity contribution >= 4 is 6.09 Å². The van der Waals surface area contributed by atoms with Gasteiger partial charge < -0.3 is 15.8 Å². The molecule has 4 nitrogen and oxygen atoms in total. The van der Waals surface area contributed by atoms with Crippen molar-refractivity contribution < 1.29 is 22.7 Å². The van der Waals surface area contributed by atoms with Gasteiger partial charge >= 0.3 is 12.3 Å². The largest absolute Gasteiger partial charge is 0.444 e. The van der Waals surface area contributed by atoms with Crippen LogP contribution in [0.5, 0.6) is 0 Å². The number of rotatable bonds is 2. The average Bonchev–Trinajstić information content (AvgIpc) is 2.78. The van der Waals surface area contributed by atoms with Crippen molar-refractivity contribution in [2.45, 2.75) is 57.0 Å². The monoisotopic (exact) mass is 254 g/mol. The molecule has 0 heterocycles. The van der Waals surface area contributed by atoms with E-state index in [1.165, 1.54) is 0 Å². The Hall–Kier alpha value is -0.980. The molecule has 1 aliphatic carbocycles. The zero-order valence-corrected chi connectivity index (χ0v) is 10.0. The number of hydrogen-bond donors (Lipinski definition) is 2. The summed E-state index contributed by atoms with van der Waals surface area (Å²) in [4.78, 5) is 11.4. The normalized spacial score (nSPS) is 20.6. The van der Waals surface area contributed by atoms with Gasteiger partial charge in [-0.15, -0.1) is 0 Å². The maximum atomic E-state index is 12.5. The number of amides is 1. The molecule has 0 saturated heterocycles. The molecule has 1 saturated carbocycles. The lowest BCUT2D eigenvalue weighted by Crippen LogP contribution is -2.57. The second-order valence-electron chi connectivity index (χ2n) is 5.30. The summed E-state index contributed by atoms with van der Waals surface area (Å²) < 4.78 is 42.3. The smallest absolute Gasteiger partial charge is 0.408 e. The number of hydrogen-bond acceptors (Lipinski definition) is 3. The van der Waals surface area contributed by atoms with Crippen LogP contribution in [0.15, 0.2) is 0 Å². The van der Waals surface area contributed by atoms with E-state index < -0.39 is 29.5 Å². The molecule has 17 heavy (non-hydrogen) atoms. The van der Waals surface area contributed by atoms with Gasteiger partial charge in [0.2, 0.25) is 0 Å². The summed E-state index contributed by atoms with van der Waals surface area (Å²) in [6.45, 7) is 4.90. The van der Waals surface area contributed by atoms with Crippen molar-refractivity contribution in [2.75, 3.05) is 0 Å². The summed E-state index contributed by atoms with van der Waals surface area (Å²) in [5.41, 5.74) is 2.97. The highest BCUT2D eigenvalue weighted by molar-refractivity contribution is 5.69. The lowest BCUT2D eigenvalue weighted by Gasteiger charge is -2.28. The lowest BCUT2D eigenvalue weighted by atomic mass is 10.1. The Bertz CT molecular complexity index is 306. The van der Waals surface area contributed by atoms with Gasteiger partial charge in [-0.1, -0.05) is 0 Å². The van der Waals surface area contributed by atoms with Crippen LogP contribution >= 0.6 is 0 Å². The molecule has 3 N–H and O–H groups in total. The number of alkyl carbamates (subject to hydrolysis) is 1. The van der Waals surface area contributed by atoms with Gasteiger partial charge in [-0.3, -0.25) is 0 Å². The topological polar surface area (TPSA) is 64.3 Å². The second kappa shape index (κ2) is 4.04. The fourth-order valence-electron chi connectivity index (χ4n) is 1.47. The summed E-state index contributed by atoms with van der Waals surface area (Å²) in [7, 11) is 0. The van der Waals surface area contributed by atoms with Gasteiger partial charge in [0, 0.05) is 0 Å². The van der Waals surface area contributed by atoms with Crippen molar-refractivity contribution in [2.24, 2.45) is 5.73 Å². The zero-order chi connectivity index (χ0) is 13.5. The molecule has 1 unspecified atom stereocenters. The molecule has 0 aliphatic heterocycles. The summed E-state index contributed by atoms with van der Waals surface area (Å²) in [5.74, 6) is 0. The lowest BCUT2D eigenvalue weighted by molar-refractivity contribution is -0.156. The van der Waals surface area contributed by atoms with E-state index in [2.05, 4.69) is 5.32 Å². The first-order valence-corrected chi connectivity index (χ1v) is 5.30. The molecule has 0 aromatic rings. The van der Waals surface area contributed by atoms with Crippen molar-refractivity contribution in [3.63, 3.8) is 0 Å². The number of carbonyl (C=O) groups is 1. The van der Waals surface area contributed by atoms with Crippen LogP contribution in [0.2, 0.25) is 0 Å². The molecule has 1 amide bonds. The molecule has 1 rings (SSSR count). The van der Waals surface area contributed by atoms with Crippen LogP contribution in [0.3, 0.4) is 0 Å². The molecule has 100 valence electrons. The molecular weight excluding hydrogens is 237 g/mol. The SMILES string of the molecule is CC(C)(C)OC(=O)NC1(C(N)C(F)(F)F)CC1. The average molecular weight is 254 g/mol. The van der Waals surface area contributed by atoms with Crippen molar-refractivity contribution in [1.82, 2.24) is 5.32 Å². The van der Waals surface area contributed by atoms with Gasteiger partial charge in [0.15, 0.2) is 0 Å². The standard InChI is InChI=1S/C10H17F3N2O2/c1-8(2,3)17-7(16)15-9(4-5-9)6(14)10(11,12)13/h6H,4-5,14H2,1-3H3,(H,15,16). The highest BCUT2D eigenvalue weighted by Crippen LogP contribution is 2.43. The molecule has 0 spiro atoms. The van der Waals surface area contributed by atoms with E-state index in [0.717, 1.165) is 0 Å². The van der Waals surface area contributed by atoms with Crippen molar-refractivity contribution in [3.8, 4) is 0 Å². The maximum absolute atomic E-state index is 12.5. The zero-order valence-electron chi connectivity index (χ0n) is 10.0. The van der Waals surface area contributed by atoms with E-state index >= 15 is 0 Å². The van der Waals surface area contributed by atoms with E-state index in [0.29, 0.717) is 0 Å². The Morgan fingerprint density at radius 3 is 2.12 bits per heavy atom. The van der Waals surface area contributed by atoms with Crippen LogP contribution in [0.1, 0.15) is 33.6 Å². The van der Waals surface area contributed by atoms with Crippen LogP contribution in [0.4, 0.5) is 18.0 Å². The molecule has 1 atom stereocenters. The quantitative estimate of drug-likeness (QED) is 0.791. The first-order valence-electron chi connectivity index (χ1n) is 5.30. The van der Waals surface area contributed by atoms with Gasteiger partial charge in [-0.2, -0.15) is 13.2 Å². The third kappa shape index (κ3) is 3.76. The van der Waals surface area contributed by atoms with E-state index in [-0.39, 0.29) is 12.8 Å². The number of carbonyl (C=O) groups excluding carboxylic acids is 1. The third-order valence-corrected chi connectivity index (χ3v) is 2.49. The predicted molar refractivity (Wildman–Crippen MR) is 55.4 cm³/mol. The Morgan fingerprint density at radius 2 is 1.82 bits per heavy atom. The molecule has 0 bridgehead atoms. The van der Waals surface area contributed by atoms with Gasteiger partial charge in [0.1, 0.15) is 11.6 Å². The highest BCUT2D eigenvalue weighted by atomic mass is 19.4. The summed E-state index contributed by atoms with van der Waals surface area (Å²) in [6, 6.07) is -2.05. The highest BCUT2D eigenvalue weighted by Gasteiger charge is 2.59. The minimum atomic E-state index is -4.52. The molecule has 0 aromatic carbocycles. The first kappa shape index (κ1) is 14.1. The van der Waals surface area contributed by atoms with E-state index in [9.17, 15) is 18.0 Å². The maximum Gasteiger partial charge on any atom is 0.408 e. The minimum absolute atomic E-state index is 0.215. The van der Waals surface area contributed by atoms with Crippen LogP contribution in [0.25, 0.3) is 0 Å². The number of ether oxygens (including phenoxy) is 1. The van der Waals surface area contributed by atoms with Crippen LogP contribution in [-0.4, -0.2) is 29.5 Å². The van der Waals surface area contributed by atoms with Crippen LogP contribution < -0.4 is 11.1 Å².